The third kappa shape index (κ3) is 3.94. The quantitative estimate of drug-likeness (QED) is 0.796. The summed E-state index contributed by atoms with van der Waals surface area (Å²) in [6, 6.07) is 0. The fraction of sp³-hybridized carbons (Fsp3) is 1.00. The van der Waals surface area contributed by atoms with Crippen LogP contribution in [0.25, 0.3) is 0 Å². The molecule has 0 amide bonds. The van der Waals surface area contributed by atoms with Gasteiger partial charge in [0, 0.05) is 25.2 Å². The number of nitrogens with two attached hydrogens (primary N) is 1. The highest BCUT2D eigenvalue weighted by Crippen LogP contribution is 2.43. The van der Waals surface area contributed by atoms with Gasteiger partial charge in [-0.1, -0.05) is 20.3 Å². The smallest absolute Gasteiger partial charge is 0.0334 e. The lowest BCUT2D eigenvalue weighted by molar-refractivity contribution is 0.0243. The zero-order chi connectivity index (χ0) is 13.1. The lowest BCUT2D eigenvalue weighted by atomic mass is 9.67. The van der Waals surface area contributed by atoms with Crippen LogP contribution in [0.15, 0.2) is 0 Å². The van der Waals surface area contributed by atoms with Gasteiger partial charge in [-0.25, -0.2) is 0 Å². The van der Waals surface area contributed by atoms with Crippen LogP contribution in [-0.4, -0.2) is 56.1 Å². The molecule has 0 bridgehead atoms. The highest BCUT2D eigenvalue weighted by Gasteiger charge is 2.41. The van der Waals surface area contributed by atoms with E-state index < -0.39 is 0 Å². The van der Waals surface area contributed by atoms with Crippen LogP contribution in [0.2, 0.25) is 0 Å². The van der Waals surface area contributed by atoms with E-state index >= 15 is 0 Å². The molecule has 0 aromatic rings. The van der Waals surface area contributed by atoms with Crippen LogP contribution in [0.5, 0.6) is 0 Å². The summed E-state index contributed by atoms with van der Waals surface area (Å²) in [4.78, 5) is 4.75. The predicted molar refractivity (Wildman–Crippen MR) is 75.2 cm³/mol. The summed E-state index contributed by atoms with van der Waals surface area (Å²) in [6.45, 7) is 7.78. The van der Waals surface area contributed by atoms with Gasteiger partial charge in [0.1, 0.15) is 0 Å². The Morgan fingerprint density at radius 1 is 1.06 bits per heavy atom. The minimum absolute atomic E-state index is 0.234. The minimum Gasteiger partial charge on any atom is -0.329 e. The van der Waals surface area contributed by atoms with E-state index in [4.69, 9.17) is 5.73 Å². The molecule has 1 rings (SSSR count). The second-order valence-electron chi connectivity index (χ2n) is 6.85. The standard InChI is InChI=1S/C14H31N3/c1-13(2)7-6-8-14(11-13,12-15)17(5)10-9-16(3)4/h6-12,15H2,1-5H3. The highest BCUT2D eigenvalue weighted by atomic mass is 15.2. The van der Waals surface area contributed by atoms with Crippen LogP contribution in [0, 0.1) is 5.41 Å². The average Bonchev–Trinajstić information content (AvgIpc) is 2.24. The molecule has 1 unspecified atom stereocenters. The molecule has 1 aliphatic carbocycles. The number of rotatable bonds is 5. The van der Waals surface area contributed by atoms with Crippen molar-refractivity contribution in [3.8, 4) is 0 Å². The van der Waals surface area contributed by atoms with Crippen molar-refractivity contribution in [2.45, 2.75) is 45.1 Å². The normalized spacial score (nSPS) is 28.9. The molecule has 2 N–H and O–H groups in total. The molecule has 0 aliphatic heterocycles. The summed E-state index contributed by atoms with van der Waals surface area (Å²) >= 11 is 0. The van der Waals surface area contributed by atoms with E-state index in [1.165, 1.54) is 25.7 Å². The third-order valence-corrected chi connectivity index (χ3v) is 4.38. The van der Waals surface area contributed by atoms with Crippen LogP contribution >= 0.6 is 0 Å². The van der Waals surface area contributed by atoms with Gasteiger partial charge in [0.15, 0.2) is 0 Å². The fourth-order valence-electron chi connectivity index (χ4n) is 3.21. The summed E-state index contributed by atoms with van der Waals surface area (Å²) in [7, 11) is 6.51. The molecule has 1 fully saturated rings. The molecule has 17 heavy (non-hydrogen) atoms. The van der Waals surface area contributed by atoms with Crippen molar-refractivity contribution < 1.29 is 0 Å². The van der Waals surface area contributed by atoms with Crippen LogP contribution < -0.4 is 5.73 Å². The van der Waals surface area contributed by atoms with E-state index in [9.17, 15) is 0 Å². The lowest BCUT2D eigenvalue weighted by Gasteiger charge is -2.50. The van der Waals surface area contributed by atoms with Crippen molar-refractivity contribution in [1.82, 2.24) is 9.80 Å². The topological polar surface area (TPSA) is 32.5 Å². The van der Waals surface area contributed by atoms with Crippen LogP contribution in [0.1, 0.15) is 39.5 Å². The molecule has 1 aliphatic rings. The largest absolute Gasteiger partial charge is 0.329 e. The number of nitrogens with zero attached hydrogens (tertiary/aromatic N) is 2. The van der Waals surface area contributed by atoms with E-state index in [0.29, 0.717) is 5.41 Å². The minimum atomic E-state index is 0.234. The Bertz CT molecular complexity index is 238. The molecular formula is C14H31N3. The predicted octanol–water partition coefficient (Wildman–Crippen LogP) is 1.78. The molecule has 0 radical (unpaired) electrons. The number of hydrogen-bond acceptors (Lipinski definition) is 3. The van der Waals surface area contributed by atoms with E-state index in [1.807, 2.05) is 0 Å². The average molecular weight is 241 g/mol. The van der Waals surface area contributed by atoms with Crippen molar-refractivity contribution in [3.63, 3.8) is 0 Å². The summed E-state index contributed by atoms with van der Waals surface area (Å²) in [5.74, 6) is 0. The van der Waals surface area contributed by atoms with Gasteiger partial charge in [0.2, 0.25) is 0 Å². The van der Waals surface area contributed by atoms with Gasteiger partial charge in [-0.3, -0.25) is 4.90 Å². The van der Waals surface area contributed by atoms with E-state index in [-0.39, 0.29) is 5.54 Å². The van der Waals surface area contributed by atoms with E-state index in [0.717, 1.165) is 19.6 Å². The molecule has 102 valence electrons. The van der Waals surface area contributed by atoms with Gasteiger partial charge in [0.05, 0.1) is 0 Å². The zero-order valence-electron chi connectivity index (χ0n) is 12.4. The fourth-order valence-corrected chi connectivity index (χ4v) is 3.21. The Kier molecular flexibility index (Phi) is 4.99. The Morgan fingerprint density at radius 3 is 2.18 bits per heavy atom. The Morgan fingerprint density at radius 2 is 1.71 bits per heavy atom. The molecule has 1 saturated carbocycles. The lowest BCUT2D eigenvalue weighted by Crippen LogP contribution is -2.57. The monoisotopic (exact) mass is 241 g/mol. The van der Waals surface area contributed by atoms with Crippen LogP contribution in [-0.2, 0) is 0 Å². The second-order valence-corrected chi connectivity index (χ2v) is 6.85. The van der Waals surface area contributed by atoms with E-state index in [1.54, 1.807) is 0 Å². The van der Waals surface area contributed by atoms with Gasteiger partial charge in [-0.05, 0) is 45.8 Å². The summed E-state index contributed by atoms with van der Waals surface area (Å²) in [6.07, 6.45) is 5.16. The third-order valence-electron chi connectivity index (χ3n) is 4.38. The first kappa shape index (κ1) is 14.9. The Balaban J connectivity index is 2.66. The maximum absolute atomic E-state index is 6.11. The summed E-state index contributed by atoms with van der Waals surface area (Å²) in [5.41, 5.74) is 6.79. The second kappa shape index (κ2) is 5.68. The first-order chi connectivity index (χ1) is 7.81. The first-order valence-corrected chi connectivity index (χ1v) is 6.87. The molecule has 0 aromatic carbocycles. The number of likely N-dealkylation sites (N-methyl/N-ethyl adjacent to an activating group) is 2. The maximum atomic E-state index is 6.11. The molecule has 1 atom stereocenters. The molecule has 3 nitrogen and oxygen atoms in total. The molecule has 0 heterocycles. The van der Waals surface area contributed by atoms with Gasteiger partial charge >= 0.3 is 0 Å². The highest BCUT2D eigenvalue weighted by molar-refractivity contribution is 4.98. The molecule has 0 aromatic heterocycles. The maximum Gasteiger partial charge on any atom is 0.0334 e. The van der Waals surface area contributed by atoms with Crippen molar-refractivity contribution in [2.75, 3.05) is 40.8 Å². The van der Waals surface area contributed by atoms with Gasteiger partial charge in [-0.2, -0.15) is 0 Å². The van der Waals surface area contributed by atoms with Crippen molar-refractivity contribution in [2.24, 2.45) is 11.1 Å². The molecule has 3 heteroatoms. The van der Waals surface area contributed by atoms with Gasteiger partial charge in [0.25, 0.3) is 0 Å². The Hall–Kier alpha value is -0.120. The van der Waals surface area contributed by atoms with Crippen LogP contribution in [0.3, 0.4) is 0 Å². The van der Waals surface area contributed by atoms with Crippen molar-refractivity contribution in [3.05, 3.63) is 0 Å². The summed E-state index contributed by atoms with van der Waals surface area (Å²) < 4.78 is 0. The zero-order valence-corrected chi connectivity index (χ0v) is 12.4. The Labute approximate surface area is 107 Å². The van der Waals surface area contributed by atoms with Gasteiger partial charge < -0.3 is 10.6 Å². The first-order valence-electron chi connectivity index (χ1n) is 6.87. The number of hydrogen-bond donors (Lipinski definition) is 1. The molecule has 0 spiro atoms. The molecular weight excluding hydrogens is 210 g/mol. The van der Waals surface area contributed by atoms with Crippen LogP contribution in [0.4, 0.5) is 0 Å². The van der Waals surface area contributed by atoms with Gasteiger partial charge in [-0.15, -0.1) is 0 Å². The SMILES string of the molecule is CN(C)CCN(C)C1(CN)CCCC(C)(C)C1. The van der Waals surface area contributed by atoms with Crippen molar-refractivity contribution in [1.29, 1.82) is 0 Å². The summed E-state index contributed by atoms with van der Waals surface area (Å²) in [5, 5.41) is 0. The van der Waals surface area contributed by atoms with Crippen molar-refractivity contribution >= 4 is 0 Å². The van der Waals surface area contributed by atoms with E-state index in [2.05, 4.69) is 44.8 Å². The molecule has 0 saturated heterocycles.